The standard InChI is InChI=1S/C12H16N2O3/c1-14-10-7-8(9(13)3-2-6-15)4-5-11(10)17-12(14)16/h4-5,7,9,15H,2-3,6,13H2,1H3. The summed E-state index contributed by atoms with van der Waals surface area (Å²) >= 11 is 0. The summed E-state index contributed by atoms with van der Waals surface area (Å²) in [7, 11) is 1.66. The van der Waals surface area contributed by atoms with Crippen molar-refractivity contribution in [2.24, 2.45) is 12.8 Å². The van der Waals surface area contributed by atoms with Crippen LogP contribution in [0, 0.1) is 0 Å². The minimum absolute atomic E-state index is 0.128. The van der Waals surface area contributed by atoms with Gasteiger partial charge in [0.2, 0.25) is 0 Å². The molecule has 92 valence electrons. The number of aromatic nitrogens is 1. The van der Waals surface area contributed by atoms with E-state index in [-0.39, 0.29) is 18.4 Å². The van der Waals surface area contributed by atoms with Gasteiger partial charge in [-0.3, -0.25) is 4.57 Å². The van der Waals surface area contributed by atoms with Crippen LogP contribution >= 0.6 is 0 Å². The Hall–Kier alpha value is -1.59. The highest BCUT2D eigenvalue weighted by molar-refractivity contribution is 5.73. The molecule has 0 aliphatic heterocycles. The summed E-state index contributed by atoms with van der Waals surface area (Å²) in [6.45, 7) is 0.139. The molecule has 0 aliphatic rings. The molecule has 17 heavy (non-hydrogen) atoms. The number of aryl methyl sites for hydroxylation is 1. The predicted octanol–water partition coefficient (Wildman–Crippen LogP) is 0.904. The third-order valence-electron chi connectivity index (χ3n) is 2.92. The third kappa shape index (κ3) is 2.25. The lowest BCUT2D eigenvalue weighted by Gasteiger charge is -2.10. The Kier molecular flexibility index (Phi) is 3.31. The Labute approximate surface area is 98.5 Å². The van der Waals surface area contributed by atoms with E-state index in [1.165, 1.54) is 4.57 Å². The molecule has 1 aromatic heterocycles. The second-order valence-corrected chi connectivity index (χ2v) is 4.13. The minimum atomic E-state index is -0.374. The Morgan fingerprint density at radius 3 is 3.00 bits per heavy atom. The van der Waals surface area contributed by atoms with E-state index in [2.05, 4.69) is 0 Å². The van der Waals surface area contributed by atoms with Gasteiger partial charge < -0.3 is 15.3 Å². The topological polar surface area (TPSA) is 81.4 Å². The molecule has 1 atom stereocenters. The van der Waals surface area contributed by atoms with E-state index in [9.17, 15) is 4.79 Å². The molecule has 0 saturated carbocycles. The van der Waals surface area contributed by atoms with E-state index in [1.807, 2.05) is 12.1 Å². The van der Waals surface area contributed by atoms with Crippen LogP contribution in [-0.2, 0) is 7.05 Å². The van der Waals surface area contributed by atoms with Crippen LogP contribution in [0.2, 0.25) is 0 Å². The first-order chi connectivity index (χ1) is 8.13. The number of nitrogens with two attached hydrogens (primary N) is 1. The van der Waals surface area contributed by atoms with Gasteiger partial charge in [-0.1, -0.05) is 6.07 Å². The zero-order valence-electron chi connectivity index (χ0n) is 9.72. The summed E-state index contributed by atoms with van der Waals surface area (Å²) in [5.74, 6) is -0.374. The average molecular weight is 236 g/mol. The molecule has 0 bridgehead atoms. The van der Waals surface area contributed by atoms with Gasteiger partial charge in [0.05, 0.1) is 5.52 Å². The van der Waals surface area contributed by atoms with Crippen LogP contribution in [0.4, 0.5) is 0 Å². The first-order valence-electron chi connectivity index (χ1n) is 5.59. The van der Waals surface area contributed by atoms with E-state index in [0.717, 1.165) is 11.1 Å². The zero-order valence-corrected chi connectivity index (χ0v) is 9.72. The maximum Gasteiger partial charge on any atom is 0.419 e. The van der Waals surface area contributed by atoms with Crippen LogP contribution in [0.5, 0.6) is 0 Å². The van der Waals surface area contributed by atoms with Crippen molar-refractivity contribution in [1.82, 2.24) is 4.57 Å². The summed E-state index contributed by atoms with van der Waals surface area (Å²) in [6, 6.07) is 5.34. The normalized spacial score (nSPS) is 13.1. The van der Waals surface area contributed by atoms with Crippen LogP contribution in [0.3, 0.4) is 0 Å². The molecule has 1 unspecified atom stereocenters. The molecule has 2 aromatic rings. The van der Waals surface area contributed by atoms with Crippen molar-refractivity contribution in [3.05, 3.63) is 34.3 Å². The molecule has 5 heteroatoms. The molecule has 1 aromatic carbocycles. The summed E-state index contributed by atoms with van der Waals surface area (Å²) in [4.78, 5) is 11.3. The largest absolute Gasteiger partial charge is 0.419 e. The fraction of sp³-hybridized carbons (Fsp3) is 0.417. The lowest BCUT2D eigenvalue weighted by Crippen LogP contribution is -2.11. The van der Waals surface area contributed by atoms with E-state index in [1.54, 1.807) is 13.1 Å². The molecule has 0 radical (unpaired) electrons. The lowest BCUT2D eigenvalue weighted by atomic mass is 10.0. The maximum absolute atomic E-state index is 11.3. The Bertz CT molecular complexity index is 571. The van der Waals surface area contributed by atoms with Gasteiger partial charge in [-0.2, -0.15) is 0 Å². The molecule has 0 amide bonds. The highest BCUT2D eigenvalue weighted by Gasteiger charge is 2.10. The van der Waals surface area contributed by atoms with Gasteiger partial charge in [0.1, 0.15) is 0 Å². The van der Waals surface area contributed by atoms with E-state index in [0.29, 0.717) is 18.4 Å². The van der Waals surface area contributed by atoms with Crippen molar-refractivity contribution in [2.75, 3.05) is 6.61 Å². The van der Waals surface area contributed by atoms with Crippen molar-refractivity contribution >= 4 is 11.1 Å². The zero-order chi connectivity index (χ0) is 12.4. The number of aliphatic hydroxyl groups is 1. The van der Waals surface area contributed by atoms with Gasteiger partial charge in [0, 0.05) is 19.7 Å². The molecule has 0 fully saturated rings. The summed E-state index contributed by atoms with van der Waals surface area (Å²) < 4.78 is 6.50. The number of hydrogen-bond acceptors (Lipinski definition) is 4. The van der Waals surface area contributed by atoms with Gasteiger partial charge in [-0.05, 0) is 30.5 Å². The highest BCUT2D eigenvalue weighted by Crippen LogP contribution is 2.20. The fourth-order valence-corrected chi connectivity index (χ4v) is 1.85. The summed E-state index contributed by atoms with van der Waals surface area (Å²) in [6.07, 6.45) is 1.39. The SMILES string of the molecule is Cn1c(=O)oc2ccc(C(N)CCCO)cc21. The Morgan fingerprint density at radius 2 is 2.29 bits per heavy atom. The number of aliphatic hydroxyl groups excluding tert-OH is 1. The minimum Gasteiger partial charge on any atom is -0.408 e. The molecule has 1 heterocycles. The molecule has 0 spiro atoms. The van der Waals surface area contributed by atoms with Crippen LogP contribution in [-0.4, -0.2) is 16.3 Å². The smallest absolute Gasteiger partial charge is 0.408 e. The van der Waals surface area contributed by atoms with Crippen molar-refractivity contribution in [2.45, 2.75) is 18.9 Å². The number of rotatable bonds is 4. The first kappa shape index (κ1) is 11.9. The first-order valence-corrected chi connectivity index (χ1v) is 5.59. The number of hydrogen-bond donors (Lipinski definition) is 2. The monoisotopic (exact) mass is 236 g/mol. The number of benzene rings is 1. The molecule has 2 rings (SSSR count). The van der Waals surface area contributed by atoms with Crippen LogP contribution in [0.25, 0.3) is 11.1 Å². The average Bonchev–Trinajstić information content (AvgIpc) is 2.62. The summed E-state index contributed by atoms with van der Waals surface area (Å²) in [5.41, 5.74) is 8.25. The van der Waals surface area contributed by atoms with E-state index >= 15 is 0 Å². The molecule has 3 N–H and O–H groups in total. The van der Waals surface area contributed by atoms with Crippen LogP contribution in [0.1, 0.15) is 24.4 Å². The van der Waals surface area contributed by atoms with Gasteiger partial charge >= 0.3 is 5.76 Å². The third-order valence-corrected chi connectivity index (χ3v) is 2.92. The van der Waals surface area contributed by atoms with Gasteiger partial charge in [0.15, 0.2) is 5.58 Å². The molecule has 0 saturated heterocycles. The van der Waals surface area contributed by atoms with Crippen LogP contribution < -0.4 is 11.5 Å². The predicted molar refractivity (Wildman–Crippen MR) is 64.7 cm³/mol. The number of fused-ring (bicyclic) bond motifs is 1. The second-order valence-electron chi connectivity index (χ2n) is 4.13. The van der Waals surface area contributed by atoms with Gasteiger partial charge in [-0.15, -0.1) is 0 Å². The lowest BCUT2D eigenvalue weighted by molar-refractivity contribution is 0.280. The van der Waals surface area contributed by atoms with Crippen molar-refractivity contribution in [3.63, 3.8) is 0 Å². The fourth-order valence-electron chi connectivity index (χ4n) is 1.85. The Balaban J connectivity index is 2.36. The second kappa shape index (κ2) is 4.73. The number of oxazole rings is 1. The molecule has 5 nitrogen and oxygen atoms in total. The van der Waals surface area contributed by atoms with E-state index in [4.69, 9.17) is 15.3 Å². The molecular formula is C12H16N2O3. The van der Waals surface area contributed by atoms with Gasteiger partial charge in [0.25, 0.3) is 0 Å². The van der Waals surface area contributed by atoms with Gasteiger partial charge in [-0.25, -0.2) is 4.79 Å². The van der Waals surface area contributed by atoms with Crippen molar-refractivity contribution in [3.8, 4) is 0 Å². The van der Waals surface area contributed by atoms with Crippen LogP contribution in [0.15, 0.2) is 27.4 Å². The van der Waals surface area contributed by atoms with E-state index < -0.39 is 0 Å². The highest BCUT2D eigenvalue weighted by atomic mass is 16.4. The Morgan fingerprint density at radius 1 is 1.53 bits per heavy atom. The van der Waals surface area contributed by atoms with Crippen molar-refractivity contribution in [1.29, 1.82) is 0 Å². The number of nitrogens with zero attached hydrogens (tertiary/aromatic N) is 1. The maximum atomic E-state index is 11.3. The summed E-state index contributed by atoms with van der Waals surface area (Å²) in [5, 5.41) is 8.77. The van der Waals surface area contributed by atoms with Crippen molar-refractivity contribution < 1.29 is 9.52 Å². The molecule has 0 aliphatic carbocycles. The quantitative estimate of drug-likeness (QED) is 0.826. The molecular weight excluding hydrogens is 220 g/mol.